The molecule has 6 heteroatoms. The Bertz CT molecular complexity index is 526. The molecule has 0 saturated carbocycles. The topological polar surface area (TPSA) is 38.3 Å². The number of methoxy groups -OCH3 is 1. The van der Waals surface area contributed by atoms with E-state index in [0.717, 1.165) is 11.6 Å². The van der Waals surface area contributed by atoms with Crippen LogP contribution in [0.25, 0.3) is 0 Å². The van der Waals surface area contributed by atoms with Crippen LogP contribution >= 0.6 is 0 Å². The van der Waals surface area contributed by atoms with Gasteiger partial charge < -0.3 is 10.1 Å². The molecule has 1 aromatic carbocycles. The van der Waals surface area contributed by atoms with Gasteiger partial charge in [-0.1, -0.05) is 0 Å². The Morgan fingerprint density at radius 3 is 2.65 bits per heavy atom. The molecule has 3 nitrogen and oxygen atoms in total. The SMILES string of the molecule is COc1cc2c(cc1C(F)(F)F)NCC(C(C)=O)CC2. The van der Waals surface area contributed by atoms with Crippen LogP contribution in [0.4, 0.5) is 18.9 Å². The van der Waals surface area contributed by atoms with Gasteiger partial charge in [-0.2, -0.15) is 13.2 Å². The minimum absolute atomic E-state index is 0.0494. The molecular weight excluding hydrogens is 271 g/mol. The van der Waals surface area contributed by atoms with E-state index in [2.05, 4.69) is 5.32 Å². The molecule has 0 amide bonds. The summed E-state index contributed by atoms with van der Waals surface area (Å²) in [6.45, 7) is 1.87. The van der Waals surface area contributed by atoms with Crippen molar-refractivity contribution < 1.29 is 22.7 Å². The number of hydrogen-bond donors (Lipinski definition) is 1. The average molecular weight is 287 g/mol. The Hall–Kier alpha value is -1.72. The largest absolute Gasteiger partial charge is 0.496 e. The second-order valence-corrected chi connectivity index (χ2v) is 4.93. The van der Waals surface area contributed by atoms with Gasteiger partial charge in [-0.25, -0.2) is 0 Å². The monoisotopic (exact) mass is 287 g/mol. The van der Waals surface area contributed by atoms with Crippen LogP contribution in [0.3, 0.4) is 0 Å². The zero-order valence-corrected chi connectivity index (χ0v) is 11.3. The fourth-order valence-corrected chi connectivity index (χ4v) is 2.40. The number of Topliss-reactive ketones (excluding diaryl/α,β-unsaturated/α-hetero) is 1. The smallest absolute Gasteiger partial charge is 0.420 e. The number of carbonyl (C=O) groups excluding carboxylic acids is 1. The van der Waals surface area contributed by atoms with Gasteiger partial charge in [0.15, 0.2) is 0 Å². The molecule has 0 saturated heterocycles. The van der Waals surface area contributed by atoms with E-state index < -0.39 is 11.7 Å². The predicted molar refractivity (Wildman–Crippen MR) is 69.0 cm³/mol. The summed E-state index contributed by atoms with van der Waals surface area (Å²) in [5.41, 5.74) is 0.382. The third-order valence-corrected chi connectivity index (χ3v) is 3.61. The molecule has 1 heterocycles. The van der Waals surface area contributed by atoms with Crippen molar-refractivity contribution in [1.29, 1.82) is 0 Å². The van der Waals surface area contributed by atoms with Gasteiger partial charge in [0.1, 0.15) is 11.5 Å². The molecule has 0 aromatic heterocycles. The summed E-state index contributed by atoms with van der Waals surface area (Å²) in [4.78, 5) is 11.4. The van der Waals surface area contributed by atoms with Gasteiger partial charge in [-0.3, -0.25) is 4.79 Å². The number of hydrogen-bond acceptors (Lipinski definition) is 3. The van der Waals surface area contributed by atoms with Crippen LogP contribution in [0.2, 0.25) is 0 Å². The molecule has 0 fully saturated rings. The Labute approximate surface area is 115 Å². The first kappa shape index (κ1) is 14.7. The van der Waals surface area contributed by atoms with Gasteiger partial charge in [0.2, 0.25) is 0 Å². The highest BCUT2D eigenvalue weighted by Crippen LogP contribution is 2.40. The number of alkyl halides is 3. The van der Waals surface area contributed by atoms with Gasteiger partial charge >= 0.3 is 6.18 Å². The maximum atomic E-state index is 12.9. The molecule has 1 aliphatic rings. The van der Waals surface area contributed by atoms with Crippen molar-refractivity contribution in [1.82, 2.24) is 0 Å². The van der Waals surface area contributed by atoms with Gasteiger partial charge in [-0.15, -0.1) is 0 Å². The summed E-state index contributed by atoms with van der Waals surface area (Å²) in [5.74, 6) is -0.296. The number of aryl methyl sites for hydroxylation is 1. The van der Waals surface area contributed by atoms with Crippen LogP contribution in [0.15, 0.2) is 12.1 Å². The Morgan fingerprint density at radius 1 is 1.40 bits per heavy atom. The molecule has 1 N–H and O–H groups in total. The number of nitrogens with one attached hydrogen (secondary N) is 1. The van der Waals surface area contributed by atoms with Crippen molar-refractivity contribution in [2.45, 2.75) is 25.9 Å². The van der Waals surface area contributed by atoms with Crippen molar-refractivity contribution in [3.63, 3.8) is 0 Å². The van der Waals surface area contributed by atoms with Crippen LogP contribution in [0.5, 0.6) is 5.75 Å². The van der Waals surface area contributed by atoms with E-state index in [0.29, 0.717) is 25.1 Å². The lowest BCUT2D eigenvalue weighted by Gasteiger charge is -2.16. The number of rotatable bonds is 2. The predicted octanol–water partition coefficient (Wildman–Crippen LogP) is 3.28. The minimum atomic E-state index is -4.46. The molecule has 2 rings (SSSR count). The summed E-state index contributed by atoms with van der Waals surface area (Å²) in [5, 5.41) is 2.94. The van der Waals surface area contributed by atoms with Gasteiger partial charge in [0.25, 0.3) is 0 Å². The second kappa shape index (κ2) is 5.34. The van der Waals surface area contributed by atoms with Crippen molar-refractivity contribution in [3.8, 4) is 5.75 Å². The Kier molecular flexibility index (Phi) is 3.92. The lowest BCUT2D eigenvalue weighted by atomic mass is 9.97. The first-order valence-corrected chi connectivity index (χ1v) is 6.35. The molecular formula is C14H16F3NO2. The highest BCUT2D eigenvalue weighted by molar-refractivity contribution is 5.79. The molecule has 1 unspecified atom stereocenters. The normalized spacial score (nSPS) is 18.8. The number of anilines is 1. The summed E-state index contributed by atoms with van der Waals surface area (Å²) in [6.07, 6.45) is -3.28. The van der Waals surface area contributed by atoms with E-state index in [9.17, 15) is 18.0 Å². The van der Waals surface area contributed by atoms with Gasteiger partial charge in [-0.05, 0) is 37.5 Å². The highest BCUT2D eigenvalue weighted by atomic mass is 19.4. The maximum absolute atomic E-state index is 12.9. The van der Waals surface area contributed by atoms with Crippen LogP contribution in [-0.2, 0) is 17.4 Å². The lowest BCUT2D eigenvalue weighted by molar-refractivity contribution is -0.138. The lowest BCUT2D eigenvalue weighted by Crippen LogP contribution is -2.19. The van der Waals surface area contributed by atoms with Crippen LogP contribution in [0, 0.1) is 5.92 Å². The second-order valence-electron chi connectivity index (χ2n) is 4.93. The Balaban J connectivity index is 2.39. The van der Waals surface area contributed by atoms with Crippen molar-refractivity contribution >= 4 is 11.5 Å². The van der Waals surface area contributed by atoms with E-state index in [1.165, 1.54) is 20.1 Å². The van der Waals surface area contributed by atoms with Crippen molar-refractivity contribution in [2.24, 2.45) is 5.92 Å². The molecule has 110 valence electrons. The van der Waals surface area contributed by atoms with Crippen molar-refractivity contribution in [3.05, 3.63) is 23.3 Å². The summed E-state index contributed by atoms with van der Waals surface area (Å²) in [6, 6.07) is 2.48. The first-order valence-electron chi connectivity index (χ1n) is 6.35. The van der Waals surface area contributed by atoms with Crippen molar-refractivity contribution in [2.75, 3.05) is 19.0 Å². The van der Waals surface area contributed by atoms with E-state index >= 15 is 0 Å². The standard InChI is InChI=1S/C14H16F3NO2/c1-8(19)10-4-3-9-5-13(20-2)11(14(15,16)17)6-12(9)18-7-10/h5-6,10,18H,3-4,7H2,1-2H3. The van der Waals surface area contributed by atoms with Crippen LogP contribution < -0.4 is 10.1 Å². The molecule has 1 atom stereocenters. The van der Waals surface area contributed by atoms with Crippen LogP contribution in [0.1, 0.15) is 24.5 Å². The van der Waals surface area contributed by atoms with Gasteiger partial charge in [0, 0.05) is 18.2 Å². The molecule has 0 bridgehead atoms. The van der Waals surface area contributed by atoms with Gasteiger partial charge in [0.05, 0.1) is 12.7 Å². The average Bonchev–Trinajstić information content (AvgIpc) is 2.57. The zero-order chi connectivity index (χ0) is 14.9. The molecule has 20 heavy (non-hydrogen) atoms. The fraction of sp³-hybridized carbons (Fsp3) is 0.500. The summed E-state index contributed by atoms with van der Waals surface area (Å²) >= 11 is 0. The van der Waals surface area contributed by atoms with E-state index in [1.807, 2.05) is 0 Å². The number of halogens is 3. The number of benzene rings is 1. The highest BCUT2D eigenvalue weighted by Gasteiger charge is 2.35. The van der Waals surface area contributed by atoms with E-state index in [-0.39, 0.29) is 17.5 Å². The molecule has 0 spiro atoms. The Morgan fingerprint density at radius 2 is 2.10 bits per heavy atom. The molecule has 0 aliphatic carbocycles. The zero-order valence-electron chi connectivity index (χ0n) is 11.3. The van der Waals surface area contributed by atoms with Crippen LogP contribution in [-0.4, -0.2) is 19.4 Å². The third kappa shape index (κ3) is 2.89. The number of ketones is 1. The quantitative estimate of drug-likeness (QED) is 0.907. The van der Waals surface area contributed by atoms with E-state index in [1.54, 1.807) is 0 Å². The summed E-state index contributed by atoms with van der Waals surface area (Å²) < 4.78 is 43.7. The first-order chi connectivity index (χ1) is 9.32. The maximum Gasteiger partial charge on any atom is 0.420 e. The van der Waals surface area contributed by atoms with E-state index in [4.69, 9.17) is 4.74 Å². The molecule has 1 aromatic rings. The number of ether oxygens (including phenoxy) is 1. The third-order valence-electron chi connectivity index (χ3n) is 3.61. The number of carbonyl (C=O) groups is 1. The number of fused-ring (bicyclic) bond motifs is 1. The molecule has 0 radical (unpaired) electrons. The molecule has 1 aliphatic heterocycles. The summed E-state index contributed by atoms with van der Waals surface area (Å²) in [7, 11) is 1.22. The minimum Gasteiger partial charge on any atom is -0.496 e. The fourth-order valence-electron chi connectivity index (χ4n) is 2.40.